The Morgan fingerprint density at radius 3 is 2.55 bits per heavy atom. The Balaban J connectivity index is 2.63. The third kappa shape index (κ3) is 1.75. The molecule has 2 aromatic carbocycles. The highest BCUT2D eigenvalue weighted by atomic mass is 32.1. The first-order valence-corrected chi connectivity index (χ1v) is 7.74. The summed E-state index contributed by atoms with van der Waals surface area (Å²) < 4.78 is 3.38. The van der Waals surface area contributed by atoms with Gasteiger partial charge >= 0.3 is 0 Å². The predicted molar refractivity (Wildman–Crippen MR) is 85.5 cm³/mol. The number of fused-ring (bicyclic) bond motifs is 3. The molecule has 20 heavy (non-hydrogen) atoms. The van der Waals surface area contributed by atoms with E-state index in [1.807, 2.05) is 32.0 Å². The number of hydrogen-bond donors (Lipinski definition) is 1. The Labute approximate surface area is 121 Å². The average molecular weight is 286 g/mol. The maximum absolute atomic E-state index is 10.4. The van der Waals surface area contributed by atoms with Gasteiger partial charge in [-0.05, 0) is 20.8 Å². The molecular formula is C16H18N2OS. The summed E-state index contributed by atoms with van der Waals surface area (Å²) in [6.45, 7) is 7.82. The molecule has 1 heterocycles. The van der Waals surface area contributed by atoms with Crippen LogP contribution in [0.2, 0.25) is 0 Å². The summed E-state index contributed by atoms with van der Waals surface area (Å²) in [5, 5.41) is 12.4. The Bertz CT molecular complexity index is 858. The van der Waals surface area contributed by atoms with Crippen LogP contribution in [0.4, 0.5) is 0 Å². The monoisotopic (exact) mass is 286 g/mol. The largest absolute Gasteiger partial charge is 0.507 e. The number of phenolic OH excluding ortho intramolecular Hbond substituents is 1. The lowest BCUT2D eigenvalue weighted by Crippen LogP contribution is -2.13. The van der Waals surface area contributed by atoms with Crippen molar-refractivity contribution in [1.82, 2.24) is 4.57 Å². The normalized spacial score (nSPS) is 12.7. The summed E-state index contributed by atoms with van der Waals surface area (Å²) >= 11 is 1.66. The fourth-order valence-corrected chi connectivity index (χ4v) is 3.96. The van der Waals surface area contributed by atoms with E-state index in [9.17, 15) is 5.11 Å². The molecule has 0 aliphatic rings. The smallest absolute Gasteiger partial charge is 0.185 e. The lowest BCUT2D eigenvalue weighted by atomic mass is 10.0. The lowest BCUT2D eigenvalue weighted by Gasteiger charge is -2.09. The van der Waals surface area contributed by atoms with Crippen LogP contribution < -0.4 is 4.80 Å². The van der Waals surface area contributed by atoms with E-state index in [2.05, 4.69) is 22.5 Å². The number of phenols is 1. The SMILES string of the molecule is CC/N=c1/sc2c(C)c(O)c3ccccc3c2n1CC. The van der Waals surface area contributed by atoms with Gasteiger partial charge in [-0.15, -0.1) is 0 Å². The first kappa shape index (κ1) is 13.2. The summed E-state index contributed by atoms with van der Waals surface area (Å²) in [6, 6.07) is 8.04. The molecular weight excluding hydrogens is 268 g/mol. The van der Waals surface area contributed by atoms with Gasteiger partial charge in [0.25, 0.3) is 0 Å². The minimum absolute atomic E-state index is 0.389. The van der Waals surface area contributed by atoms with E-state index >= 15 is 0 Å². The highest BCUT2D eigenvalue weighted by molar-refractivity contribution is 7.16. The van der Waals surface area contributed by atoms with Crippen LogP contribution in [-0.2, 0) is 6.54 Å². The molecule has 3 rings (SSSR count). The highest BCUT2D eigenvalue weighted by Gasteiger charge is 2.15. The van der Waals surface area contributed by atoms with Crippen LogP contribution in [0.1, 0.15) is 19.4 Å². The number of benzene rings is 2. The van der Waals surface area contributed by atoms with Crippen molar-refractivity contribution in [1.29, 1.82) is 0 Å². The van der Waals surface area contributed by atoms with Crippen molar-refractivity contribution in [3.63, 3.8) is 0 Å². The minimum atomic E-state index is 0.389. The fraction of sp³-hybridized carbons (Fsp3) is 0.312. The standard InChI is InChI=1S/C16H18N2OS/c1-4-17-16-18(5-2)13-11-8-6-7-9-12(11)14(19)10(3)15(13)20-16/h6-9,19H,4-5H2,1-3H3/b17-16+. The van der Waals surface area contributed by atoms with Gasteiger partial charge in [-0.25, -0.2) is 0 Å². The molecule has 0 saturated heterocycles. The predicted octanol–water partition coefficient (Wildman–Crippen LogP) is 3.81. The van der Waals surface area contributed by atoms with Crippen LogP contribution in [0.3, 0.4) is 0 Å². The van der Waals surface area contributed by atoms with Crippen molar-refractivity contribution in [2.24, 2.45) is 4.99 Å². The number of nitrogens with zero attached hydrogens (tertiary/aromatic N) is 2. The van der Waals surface area contributed by atoms with Gasteiger partial charge < -0.3 is 9.67 Å². The molecule has 3 nitrogen and oxygen atoms in total. The number of thiazole rings is 1. The maximum Gasteiger partial charge on any atom is 0.185 e. The van der Waals surface area contributed by atoms with Gasteiger partial charge in [0, 0.05) is 29.4 Å². The molecule has 0 fully saturated rings. The minimum Gasteiger partial charge on any atom is -0.507 e. The zero-order valence-corrected chi connectivity index (χ0v) is 12.8. The van der Waals surface area contributed by atoms with Gasteiger partial charge in [0.15, 0.2) is 4.80 Å². The second kappa shape index (κ2) is 4.94. The molecule has 0 bridgehead atoms. The second-order valence-electron chi connectivity index (χ2n) is 4.80. The van der Waals surface area contributed by atoms with E-state index in [1.54, 1.807) is 11.3 Å². The van der Waals surface area contributed by atoms with E-state index < -0.39 is 0 Å². The van der Waals surface area contributed by atoms with Crippen LogP contribution in [0, 0.1) is 6.92 Å². The van der Waals surface area contributed by atoms with Gasteiger partial charge in [0.1, 0.15) is 5.75 Å². The third-order valence-corrected chi connectivity index (χ3v) is 4.89. The van der Waals surface area contributed by atoms with Gasteiger partial charge in [-0.3, -0.25) is 4.99 Å². The molecule has 0 saturated carbocycles. The molecule has 0 atom stereocenters. The molecule has 0 aliphatic carbocycles. The molecule has 0 aliphatic heterocycles. The Hall–Kier alpha value is -1.81. The molecule has 0 amide bonds. The summed E-state index contributed by atoms with van der Waals surface area (Å²) in [5.74, 6) is 0.389. The van der Waals surface area contributed by atoms with Gasteiger partial charge in [-0.2, -0.15) is 0 Å². The van der Waals surface area contributed by atoms with Crippen molar-refractivity contribution in [3.8, 4) is 5.75 Å². The zero-order valence-electron chi connectivity index (χ0n) is 12.0. The summed E-state index contributed by atoms with van der Waals surface area (Å²) in [6.07, 6.45) is 0. The molecule has 0 unspecified atom stereocenters. The molecule has 0 radical (unpaired) electrons. The average Bonchev–Trinajstić information content (AvgIpc) is 2.84. The van der Waals surface area contributed by atoms with Crippen molar-refractivity contribution in [2.75, 3.05) is 6.54 Å². The van der Waals surface area contributed by atoms with Crippen LogP contribution in [0.5, 0.6) is 5.75 Å². The number of aryl methyl sites for hydroxylation is 2. The van der Waals surface area contributed by atoms with Crippen LogP contribution in [0.15, 0.2) is 29.3 Å². The molecule has 1 aromatic heterocycles. The lowest BCUT2D eigenvalue weighted by molar-refractivity contribution is 0.478. The first-order valence-electron chi connectivity index (χ1n) is 6.93. The fourth-order valence-electron chi connectivity index (χ4n) is 2.69. The molecule has 1 N–H and O–H groups in total. The van der Waals surface area contributed by atoms with Crippen LogP contribution in [0.25, 0.3) is 21.0 Å². The first-order chi connectivity index (χ1) is 9.69. The number of hydrogen-bond acceptors (Lipinski definition) is 3. The number of aromatic nitrogens is 1. The Morgan fingerprint density at radius 1 is 1.20 bits per heavy atom. The van der Waals surface area contributed by atoms with Crippen molar-refractivity contribution < 1.29 is 5.11 Å². The van der Waals surface area contributed by atoms with Gasteiger partial charge in [-0.1, -0.05) is 35.6 Å². The second-order valence-corrected chi connectivity index (χ2v) is 5.78. The van der Waals surface area contributed by atoms with Crippen molar-refractivity contribution >= 4 is 32.3 Å². The summed E-state index contributed by atoms with van der Waals surface area (Å²) in [7, 11) is 0. The Kier molecular flexibility index (Phi) is 3.26. The van der Waals surface area contributed by atoms with E-state index in [0.29, 0.717) is 5.75 Å². The van der Waals surface area contributed by atoms with E-state index in [-0.39, 0.29) is 0 Å². The van der Waals surface area contributed by atoms with Gasteiger partial charge in [0.2, 0.25) is 0 Å². The topological polar surface area (TPSA) is 37.5 Å². The summed E-state index contributed by atoms with van der Waals surface area (Å²) in [4.78, 5) is 5.62. The highest BCUT2D eigenvalue weighted by Crippen LogP contribution is 2.37. The number of rotatable bonds is 2. The quantitative estimate of drug-likeness (QED) is 0.764. The maximum atomic E-state index is 10.4. The van der Waals surface area contributed by atoms with E-state index in [4.69, 9.17) is 0 Å². The molecule has 0 spiro atoms. The molecule has 104 valence electrons. The number of aromatic hydroxyl groups is 1. The van der Waals surface area contributed by atoms with E-state index in [1.165, 1.54) is 5.52 Å². The van der Waals surface area contributed by atoms with Crippen LogP contribution >= 0.6 is 11.3 Å². The van der Waals surface area contributed by atoms with Gasteiger partial charge in [0.05, 0.1) is 10.2 Å². The van der Waals surface area contributed by atoms with E-state index in [0.717, 1.165) is 38.9 Å². The Morgan fingerprint density at radius 2 is 1.90 bits per heavy atom. The molecule has 4 heteroatoms. The molecule has 3 aromatic rings. The summed E-state index contributed by atoms with van der Waals surface area (Å²) in [5.41, 5.74) is 2.14. The third-order valence-electron chi connectivity index (χ3n) is 3.65. The van der Waals surface area contributed by atoms with Crippen molar-refractivity contribution in [3.05, 3.63) is 34.6 Å². The zero-order chi connectivity index (χ0) is 14.3. The van der Waals surface area contributed by atoms with Crippen molar-refractivity contribution in [2.45, 2.75) is 27.3 Å². The van der Waals surface area contributed by atoms with Crippen LogP contribution in [-0.4, -0.2) is 16.2 Å².